The number of rotatable bonds is 10. The van der Waals surface area contributed by atoms with Crippen molar-refractivity contribution in [1.29, 1.82) is 0 Å². The number of unbranched alkanes of at least 4 members (excludes halogenated alkanes) is 1. The Hall–Kier alpha value is -2.35. The fourth-order valence-corrected chi connectivity index (χ4v) is 4.13. The number of nitrogens with one attached hydrogen (secondary N) is 2. The third-order valence-electron chi connectivity index (χ3n) is 5.74. The molecule has 1 fully saturated rings. The van der Waals surface area contributed by atoms with Crippen molar-refractivity contribution in [3.63, 3.8) is 0 Å². The van der Waals surface area contributed by atoms with E-state index in [0.29, 0.717) is 30.4 Å². The summed E-state index contributed by atoms with van der Waals surface area (Å²) in [5, 5.41) is 2.59. The van der Waals surface area contributed by atoms with Crippen molar-refractivity contribution in [2.75, 3.05) is 18.9 Å². The lowest BCUT2D eigenvalue weighted by Crippen LogP contribution is -2.31. The predicted molar refractivity (Wildman–Crippen MR) is 111 cm³/mol. The zero-order valence-electron chi connectivity index (χ0n) is 17.5. The second kappa shape index (κ2) is 10.4. The van der Waals surface area contributed by atoms with E-state index in [0.717, 1.165) is 31.6 Å². The van der Waals surface area contributed by atoms with Gasteiger partial charge in [-0.15, -0.1) is 0 Å². The van der Waals surface area contributed by atoms with Crippen LogP contribution in [-0.2, 0) is 16.2 Å². The Labute approximate surface area is 172 Å². The molecule has 2 aliphatic rings. The first-order chi connectivity index (χ1) is 14.1. The van der Waals surface area contributed by atoms with E-state index in [-0.39, 0.29) is 11.9 Å². The SMILES string of the molecule is CC1C=C(CCCCN(C)C(=O)c2c(NC=O)ncn2CC2CCCCC2)ON1. The van der Waals surface area contributed by atoms with E-state index in [9.17, 15) is 9.59 Å². The van der Waals surface area contributed by atoms with Crippen LogP contribution in [0.15, 0.2) is 18.2 Å². The number of hydrogen-bond donors (Lipinski definition) is 2. The normalized spacial score (nSPS) is 19.5. The number of imidazole rings is 1. The highest BCUT2D eigenvalue weighted by atomic mass is 16.7. The topological polar surface area (TPSA) is 88.5 Å². The smallest absolute Gasteiger partial charge is 0.274 e. The summed E-state index contributed by atoms with van der Waals surface area (Å²) in [5.74, 6) is 1.77. The number of anilines is 1. The molecule has 0 saturated heterocycles. The Kier molecular flexibility index (Phi) is 7.69. The second-order valence-corrected chi connectivity index (χ2v) is 8.19. The van der Waals surface area contributed by atoms with E-state index in [2.05, 4.69) is 21.9 Å². The highest BCUT2D eigenvalue weighted by molar-refractivity contribution is 5.98. The molecule has 1 aliphatic heterocycles. The van der Waals surface area contributed by atoms with Crippen LogP contribution in [-0.4, -0.2) is 46.4 Å². The van der Waals surface area contributed by atoms with Crippen LogP contribution in [0.3, 0.4) is 0 Å². The monoisotopic (exact) mass is 403 g/mol. The number of hydroxylamine groups is 1. The van der Waals surface area contributed by atoms with Gasteiger partial charge in [0.25, 0.3) is 5.91 Å². The van der Waals surface area contributed by atoms with Crippen molar-refractivity contribution in [2.45, 2.75) is 70.9 Å². The van der Waals surface area contributed by atoms with E-state index in [4.69, 9.17) is 4.84 Å². The van der Waals surface area contributed by atoms with E-state index >= 15 is 0 Å². The summed E-state index contributed by atoms with van der Waals surface area (Å²) >= 11 is 0. The molecule has 1 aliphatic carbocycles. The minimum Gasteiger partial charge on any atom is -0.413 e. The van der Waals surface area contributed by atoms with Crippen LogP contribution in [0.25, 0.3) is 0 Å². The average Bonchev–Trinajstić information content (AvgIpc) is 3.31. The van der Waals surface area contributed by atoms with Gasteiger partial charge in [-0.3, -0.25) is 9.59 Å². The molecule has 160 valence electrons. The highest BCUT2D eigenvalue weighted by Gasteiger charge is 2.24. The molecular formula is C21H33N5O3. The molecule has 1 aromatic rings. The first-order valence-corrected chi connectivity index (χ1v) is 10.7. The minimum atomic E-state index is -0.103. The van der Waals surface area contributed by atoms with Crippen LogP contribution in [0.4, 0.5) is 5.82 Å². The predicted octanol–water partition coefficient (Wildman–Crippen LogP) is 3.08. The number of allylic oxidation sites excluding steroid dienone is 1. The van der Waals surface area contributed by atoms with Gasteiger partial charge < -0.3 is 19.6 Å². The van der Waals surface area contributed by atoms with Crippen molar-refractivity contribution < 1.29 is 14.4 Å². The molecule has 2 heterocycles. The van der Waals surface area contributed by atoms with Gasteiger partial charge in [0.05, 0.1) is 12.4 Å². The van der Waals surface area contributed by atoms with E-state index in [1.165, 1.54) is 32.1 Å². The number of aromatic nitrogens is 2. The number of hydrogen-bond acceptors (Lipinski definition) is 5. The van der Waals surface area contributed by atoms with Gasteiger partial charge in [0, 0.05) is 26.6 Å². The summed E-state index contributed by atoms with van der Waals surface area (Å²) in [6, 6.07) is 0.252. The fraction of sp³-hybridized carbons (Fsp3) is 0.667. The lowest BCUT2D eigenvalue weighted by Gasteiger charge is -2.24. The van der Waals surface area contributed by atoms with E-state index in [1.807, 2.05) is 11.5 Å². The highest BCUT2D eigenvalue weighted by Crippen LogP contribution is 2.27. The summed E-state index contributed by atoms with van der Waals surface area (Å²) < 4.78 is 1.92. The molecular weight excluding hydrogens is 370 g/mol. The third-order valence-corrected chi connectivity index (χ3v) is 5.74. The molecule has 8 nitrogen and oxygen atoms in total. The van der Waals surface area contributed by atoms with Gasteiger partial charge in [-0.25, -0.2) is 4.98 Å². The third kappa shape index (κ3) is 5.82. The summed E-state index contributed by atoms with van der Waals surface area (Å²) in [7, 11) is 1.81. The molecule has 0 radical (unpaired) electrons. The molecule has 1 atom stereocenters. The molecule has 1 aromatic heterocycles. The lowest BCUT2D eigenvalue weighted by molar-refractivity contribution is -0.105. The van der Waals surface area contributed by atoms with Crippen LogP contribution >= 0.6 is 0 Å². The van der Waals surface area contributed by atoms with Gasteiger partial charge in [-0.05, 0) is 44.6 Å². The molecule has 0 bridgehead atoms. The first-order valence-electron chi connectivity index (χ1n) is 10.7. The van der Waals surface area contributed by atoms with Gasteiger partial charge >= 0.3 is 0 Å². The quantitative estimate of drug-likeness (QED) is 0.463. The fourth-order valence-electron chi connectivity index (χ4n) is 4.13. The van der Waals surface area contributed by atoms with Gasteiger partial charge in [0.15, 0.2) is 11.5 Å². The van der Waals surface area contributed by atoms with Gasteiger partial charge in [0.1, 0.15) is 5.76 Å². The molecule has 0 spiro atoms. The van der Waals surface area contributed by atoms with Crippen LogP contribution in [0.1, 0.15) is 68.8 Å². The summed E-state index contributed by atoms with van der Waals surface area (Å²) in [6.45, 7) is 3.46. The van der Waals surface area contributed by atoms with Crippen molar-refractivity contribution in [3.8, 4) is 0 Å². The Morgan fingerprint density at radius 3 is 2.86 bits per heavy atom. The lowest BCUT2D eigenvalue weighted by atomic mass is 9.89. The minimum absolute atomic E-state index is 0.103. The summed E-state index contributed by atoms with van der Waals surface area (Å²) in [4.78, 5) is 35.5. The average molecular weight is 404 g/mol. The number of carbonyl (C=O) groups excluding carboxylic acids is 2. The van der Waals surface area contributed by atoms with Gasteiger partial charge in [-0.2, -0.15) is 5.48 Å². The Bertz CT molecular complexity index is 724. The van der Waals surface area contributed by atoms with Gasteiger partial charge in [-0.1, -0.05) is 19.3 Å². The van der Waals surface area contributed by atoms with Crippen molar-refractivity contribution in [3.05, 3.63) is 23.9 Å². The van der Waals surface area contributed by atoms with Gasteiger partial charge in [0.2, 0.25) is 6.41 Å². The molecule has 1 unspecified atom stereocenters. The van der Waals surface area contributed by atoms with Crippen LogP contribution in [0.2, 0.25) is 0 Å². The van der Waals surface area contributed by atoms with Crippen molar-refractivity contribution in [1.82, 2.24) is 19.9 Å². The zero-order chi connectivity index (χ0) is 20.6. The summed E-state index contributed by atoms with van der Waals surface area (Å²) in [6.07, 6.45) is 13.2. The maximum atomic E-state index is 13.1. The largest absolute Gasteiger partial charge is 0.413 e. The van der Waals surface area contributed by atoms with E-state index in [1.54, 1.807) is 18.3 Å². The number of nitrogens with zero attached hydrogens (tertiary/aromatic N) is 3. The molecule has 29 heavy (non-hydrogen) atoms. The van der Waals surface area contributed by atoms with Crippen molar-refractivity contribution in [2.24, 2.45) is 5.92 Å². The number of amides is 2. The second-order valence-electron chi connectivity index (χ2n) is 8.19. The van der Waals surface area contributed by atoms with Crippen LogP contribution in [0.5, 0.6) is 0 Å². The number of carbonyl (C=O) groups is 2. The van der Waals surface area contributed by atoms with Crippen molar-refractivity contribution >= 4 is 18.1 Å². The molecule has 1 saturated carbocycles. The van der Waals surface area contributed by atoms with E-state index < -0.39 is 0 Å². The first kappa shape index (κ1) is 21.4. The molecule has 2 N–H and O–H groups in total. The zero-order valence-corrected chi connectivity index (χ0v) is 17.5. The Morgan fingerprint density at radius 2 is 2.17 bits per heavy atom. The Morgan fingerprint density at radius 1 is 1.38 bits per heavy atom. The molecule has 8 heteroatoms. The Balaban J connectivity index is 1.57. The molecule has 0 aromatic carbocycles. The van der Waals surface area contributed by atoms with Crippen LogP contribution < -0.4 is 10.8 Å². The molecule has 2 amide bonds. The van der Waals surface area contributed by atoms with Crippen LogP contribution in [0, 0.1) is 5.92 Å². The maximum absolute atomic E-state index is 13.1. The standard InChI is InChI=1S/C21H33N5O3/c1-16-12-18(29-24-16)10-6-7-11-25(2)21(28)19-20(23-15-27)22-14-26(19)13-17-8-4-3-5-9-17/h12,14-17,24H,3-11,13H2,1-2H3,(H,23,27). The maximum Gasteiger partial charge on any atom is 0.274 e. The summed E-state index contributed by atoms with van der Waals surface area (Å²) in [5.41, 5.74) is 3.39. The molecule has 3 rings (SSSR count).